The standard InChI is InChI=1S/C20H20F3N5O/c1-27-11-15(14-5-3-4-6-16(14)20(21,22)23)18(12-27)28-8-7-17(26-28)13-9-24-19(29-2)25-10-13/h3-10,15,18H,11-12H2,1-2H3/t15-,18+/m0/s1. The lowest BCUT2D eigenvalue weighted by molar-refractivity contribution is -0.138. The van der Waals surface area contributed by atoms with Crippen molar-refractivity contribution in [3.05, 3.63) is 60.0 Å². The second-order valence-electron chi connectivity index (χ2n) is 7.12. The number of likely N-dealkylation sites (N-methyl/N-ethyl adjacent to an activating group) is 1. The lowest BCUT2D eigenvalue weighted by Gasteiger charge is -2.23. The van der Waals surface area contributed by atoms with Gasteiger partial charge in [-0.3, -0.25) is 4.68 Å². The summed E-state index contributed by atoms with van der Waals surface area (Å²) in [6.45, 7) is 1.13. The first kappa shape index (κ1) is 19.4. The number of methoxy groups -OCH3 is 1. The molecule has 0 spiro atoms. The summed E-state index contributed by atoms with van der Waals surface area (Å²) in [7, 11) is 3.39. The van der Waals surface area contributed by atoms with Gasteiger partial charge in [-0.25, -0.2) is 9.97 Å². The van der Waals surface area contributed by atoms with Crippen molar-refractivity contribution in [1.29, 1.82) is 0 Å². The molecule has 0 N–H and O–H groups in total. The fourth-order valence-electron chi connectivity index (χ4n) is 3.86. The van der Waals surface area contributed by atoms with Gasteiger partial charge in [-0.1, -0.05) is 18.2 Å². The SMILES string of the molecule is COc1ncc(-c2ccn([C@@H]3CN(C)C[C@H]3c3ccccc3C(F)(F)F)n2)cn1. The summed E-state index contributed by atoms with van der Waals surface area (Å²) in [5, 5.41) is 4.61. The van der Waals surface area contributed by atoms with Gasteiger partial charge in [-0.05, 0) is 24.7 Å². The predicted molar refractivity (Wildman–Crippen MR) is 101 cm³/mol. The number of rotatable bonds is 4. The Labute approximate surface area is 166 Å². The molecule has 3 heterocycles. The molecule has 2 aromatic heterocycles. The van der Waals surface area contributed by atoms with Gasteiger partial charge in [0.2, 0.25) is 0 Å². The molecule has 0 bridgehead atoms. The third kappa shape index (κ3) is 3.82. The van der Waals surface area contributed by atoms with Crippen LogP contribution in [0.5, 0.6) is 6.01 Å². The van der Waals surface area contributed by atoms with Crippen LogP contribution in [-0.4, -0.2) is 51.9 Å². The quantitative estimate of drug-likeness (QED) is 0.666. The monoisotopic (exact) mass is 403 g/mol. The van der Waals surface area contributed by atoms with Crippen LogP contribution < -0.4 is 4.74 Å². The maximum absolute atomic E-state index is 13.6. The maximum Gasteiger partial charge on any atom is 0.416 e. The van der Waals surface area contributed by atoms with Crippen molar-refractivity contribution >= 4 is 0 Å². The molecule has 4 rings (SSSR count). The maximum atomic E-state index is 13.6. The number of alkyl halides is 3. The van der Waals surface area contributed by atoms with Gasteiger partial charge in [0.15, 0.2) is 0 Å². The van der Waals surface area contributed by atoms with Crippen molar-refractivity contribution in [2.75, 3.05) is 27.2 Å². The molecule has 0 amide bonds. The molecular weight excluding hydrogens is 383 g/mol. The zero-order valence-electron chi connectivity index (χ0n) is 16.0. The van der Waals surface area contributed by atoms with E-state index < -0.39 is 11.7 Å². The Morgan fingerprint density at radius 3 is 2.48 bits per heavy atom. The largest absolute Gasteiger partial charge is 0.467 e. The number of hydrogen-bond donors (Lipinski definition) is 0. The van der Waals surface area contributed by atoms with Crippen LogP contribution in [0.2, 0.25) is 0 Å². The van der Waals surface area contributed by atoms with E-state index in [0.29, 0.717) is 29.9 Å². The summed E-state index contributed by atoms with van der Waals surface area (Å²) < 4.78 is 47.4. The topological polar surface area (TPSA) is 56.1 Å². The average Bonchev–Trinajstić information content (AvgIpc) is 3.34. The van der Waals surface area contributed by atoms with Crippen LogP contribution in [0, 0.1) is 0 Å². The molecule has 1 fully saturated rings. The molecule has 6 nitrogen and oxygen atoms in total. The molecule has 0 unspecified atom stereocenters. The van der Waals surface area contributed by atoms with E-state index in [9.17, 15) is 13.2 Å². The van der Waals surface area contributed by atoms with Gasteiger partial charge in [0.25, 0.3) is 0 Å². The summed E-state index contributed by atoms with van der Waals surface area (Å²) in [5.41, 5.74) is 1.09. The van der Waals surface area contributed by atoms with Crippen molar-refractivity contribution in [1.82, 2.24) is 24.6 Å². The fourth-order valence-corrected chi connectivity index (χ4v) is 3.86. The molecule has 1 aliphatic heterocycles. The van der Waals surface area contributed by atoms with Crippen LogP contribution in [0.15, 0.2) is 48.9 Å². The predicted octanol–water partition coefficient (Wildman–Crippen LogP) is 3.64. The molecular formula is C20H20F3N5O. The Morgan fingerprint density at radius 1 is 1.07 bits per heavy atom. The molecule has 29 heavy (non-hydrogen) atoms. The van der Waals surface area contributed by atoms with E-state index in [-0.39, 0.29) is 18.0 Å². The van der Waals surface area contributed by atoms with Gasteiger partial charge in [-0.2, -0.15) is 18.3 Å². The highest BCUT2D eigenvalue weighted by molar-refractivity contribution is 5.56. The average molecular weight is 403 g/mol. The van der Waals surface area contributed by atoms with E-state index in [1.807, 2.05) is 18.0 Å². The van der Waals surface area contributed by atoms with Gasteiger partial charge in [0.05, 0.1) is 24.4 Å². The van der Waals surface area contributed by atoms with Gasteiger partial charge in [0.1, 0.15) is 0 Å². The smallest absolute Gasteiger partial charge is 0.416 e. The number of likely N-dealkylation sites (tertiary alicyclic amines) is 1. The van der Waals surface area contributed by atoms with Gasteiger partial charge < -0.3 is 9.64 Å². The highest BCUT2D eigenvalue weighted by Gasteiger charge is 2.40. The normalized spacial score (nSPS) is 20.2. The van der Waals surface area contributed by atoms with Crippen LogP contribution >= 0.6 is 0 Å². The summed E-state index contributed by atoms with van der Waals surface area (Å²) in [6, 6.07) is 7.66. The Hall–Kier alpha value is -2.94. The van der Waals surface area contributed by atoms with Crippen LogP contribution in [0.25, 0.3) is 11.3 Å². The second kappa shape index (κ2) is 7.47. The first-order valence-corrected chi connectivity index (χ1v) is 9.13. The van der Waals surface area contributed by atoms with Crippen LogP contribution in [-0.2, 0) is 6.18 Å². The summed E-state index contributed by atoms with van der Waals surface area (Å²) in [4.78, 5) is 10.2. The second-order valence-corrected chi connectivity index (χ2v) is 7.12. The number of hydrogen-bond acceptors (Lipinski definition) is 5. The Bertz CT molecular complexity index is 986. The number of ether oxygens (including phenoxy) is 1. The minimum atomic E-state index is -4.39. The van der Waals surface area contributed by atoms with E-state index in [2.05, 4.69) is 15.1 Å². The number of halogens is 3. The van der Waals surface area contributed by atoms with Crippen molar-refractivity contribution in [3.63, 3.8) is 0 Å². The fraction of sp³-hybridized carbons (Fsp3) is 0.350. The lowest BCUT2D eigenvalue weighted by Crippen LogP contribution is -2.20. The zero-order chi connectivity index (χ0) is 20.6. The Kier molecular flexibility index (Phi) is 4.99. The molecule has 0 saturated carbocycles. The third-order valence-electron chi connectivity index (χ3n) is 5.19. The molecule has 1 aromatic carbocycles. The number of nitrogens with zero attached hydrogens (tertiary/aromatic N) is 5. The molecule has 0 radical (unpaired) electrons. The molecule has 1 saturated heterocycles. The van der Waals surface area contributed by atoms with Crippen molar-refractivity contribution in [2.45, 2.75) is 18.1 Å². The van der Waals surface area contributed by atoms with E-state index >= 15 is 0 Å². The van der Waals surface area contributed by atoms with Crippen LogP contribution in [0.1, 0.15) is 23.1 Å². The molecule has 0 aliphatic carbocycles. The Balaban J connectivity index is 1.67. The third-order valence-corrected chi connectivity index (χ3v) is 5.19. The van der Waals surface area contributed by atoms with E-state index in [0.717, 1.165) is 6.07 Å². The van der Waals surface area contributed by atoms with Crippen molar-refractivity contribution < 1.29 is 17.9 Å². The molecule has 1 aliphatic rings. The van der Waals surface area contributed by atoms with Crippen LogP contribution in [0.4, 0.5) is 13.2 Å². The highest BCUT2D eigenvalue weighted by Crippen LogP contribution is 2.42. The minimum Gasteiger partial charge on any atom is -0.467 e. The lowest BCUT2D eigenvalue weighted by atomic mass is 9.90. The number of aromatic nitrogens is 4. The first-order valence-electron chi connectivity index (χ1n) is 9.13. The highest BCUT2D eigenvalue weighted by atomic mass is 19.4. The van der Waals surface area contributed by atoms with Gasteiger partial charge in [0, 0.05) is 43.2 Å². The summed E-state index contributed by atoms with van der Waals surface area (Å²) in [6.07, 6.45) is 0.621. The zero-order valence-corrected chi connectivity index (χ0v) is 16.0. The summed E-state index contributed by atoms with van der Waals surface area (Å²) >= 11 is 0. The van der Waals surface area contributed by atoms with E-state index in [4.69, 9.17) is 4.74 Å². The molecule has 152 valence electrons. The molecule has 3 aromatic rings. The van der Waals surface area contributed by atoms with Gasteiger partial charge >= 0.3 is 12.2 Å². The minimum absolute atomic E-state index is 0.212. The van der Waals surface area contributed by atoms with Crippen molar-refractivity contribution in [3.8, 4) is 17.3 Å². The van der Waals surface area contributed by atoms with E-state index in [1.165, 1.54) is 13.2 Å². The van der Waals surface area contributed by atoms with Crippen molar-refractivity contribution in [2.24, 2.45) is 0 Å². The Morgan fingerprint density at radius 2 is 1.79 bits per heavy atom. The molecule has 2 atom stereocenters. The molecule has 9 heteroatoms. The van der Waals surface area contributed by atoms with Crippen LogP contribution in [0.3, 0.4) is 0 Å². The van der Waals surface area contributed by atoms with Gasteiger partial charge in [-0.15, -0.1) is 0 Å². The number of benzene rings is 1. The summed E-state index contributed by atoms with van der Waals surface area (Å²) in [5.74, 6) is -0.322. The van der Waals surface area contributed by atoms with E-state index in [1.54, 1.807) is 35.4 Å². The first-order chi connectivity index (χ1) is 13.9.